The van der Waals surface area contributed by atoms with Crippen molar-refractivity contribution >= 4 is 96.6 Å². The molecule has 4 aromatic carbocycles. The van der Waals surface area contributed by atoms with Gasteiger partial charge in [0.1, 0.15) is 54.1 Å². The van der Waals surface area contributed by atoms with Crippen LogP contribution in [0.15, 0.2) is 116 Å². The molecule has 83 heavy (non-hydrogen) atoms. The molecule has 9 amide bonds. The van der Waals surface area contributed by atoms with Crippen molar-refractivity contribution in [3.63, 3.8) is 0 Å². The highest BCUT2D eigenvalue weighted by molar-refractivity contribution is 8.76. The van der Waals surface area contributed by atoms with E-state index in [1.165, 1.54) is 19.1 Å². The maximum Gasteiger partial charge on any atom is 0.244 e. The lowest BCUT2D eigenvalue weighted by molar-refractivity contribution is -0.136. The van der Waals surface area contributed by atoms with E-state index in [4.69, 9.17) is 11.5 Å². The van der Waals surface area contributed by atoms with Gasteiger partial charge in [-0.3, -0.25) is 43.2 Å². The van der Waals surface area contributed by atoms with Crippen LogP contribution in [0, 0.1) is 5.92 Å². The first-order valence-electron chi connectivity index (χ1n) is 27.4. The molecular formula is C59H72N12O10S2. The van der Waals surface area contributed by atoms with Gasteiger partial charge in [-0.1, -0.05) is 114 Å². The molecule has 4 unspecified atom stereocenters. The summed E-state index contributed by atoms with van der Waals surface area (Å²) < 4.78 is 0. The van der Waals surface area contributed by atoms with Crippen LogP contribution in [0.1, 0.15) is 62.3 Å². The Labute approximate surface area is 488 Å². The second-order valence-electron chi connectivity index (χ2n) is 20.8. The second kappa shape index (κ2) is 30.1. The number of benzene rings is 4. The largest absolute Gasteiger partial charge is 0.508 e. The zero-order valence-electron chi connectivity index (χ0n) is 46.3. The average molecular weight is 1170 g/mol. The van der Waals surface area contributed by atoms with Gasteiger partial charge in [0.25, 0.3) is 0 Å². The topological polar surface area (TPSA) is 354 Å². The van der Waals surface area contributed by atoms with E-state index in [1.807, 2.05) is 48.5 Å². The molecule has 15 N–H and O–H groups in total. The number of nitrogens with one attached hydrogen (secondary N) is 10. The molecule has 6 aromatic rings. The standard InChI is InChI=1S/C59H72N12O10S2/c1-33(2)51-59(81)70-50(57(79)66-45(52(61)74)27-37-29-62-42-17-9-7-15-40(37)42)32-83-82-31-49(69-54(76)46(64-34(3)72)25-35-13-5-4-6-14-35)58(80)67-47(26-36-20-22-39(73)23-21-36)55(77)68-48(28-38-30-63-43-18-10-8-16-41(38)43)56(78)65-44(53(75)71-51)19-11-12-24-60/h4-10,13-18,20-23,29-30,33,44-51,62-63,73H,11-12,19,24-28,31-32,60H2,1-3H3,(H2,61,74)(H,64,72)(H,65,78)(H,66,79)(H,67,80)(H,68,77)(H,69,76)(H,70,81)(H,71,75)/t44-,45-,46+,47-,48?,49?,50?,51?/m0/s1. The van der Waals surface area contributed by atoms with Gasteiger partial charge < -0.3 is 69.1 Å². The third kappa shape index (κ3) is 17.8. The van der Waals surface area contributed by atoms with Gasteiger partial charge >= 0.3 is 0 Å². The fraction of sp³-hybridized carbons (Fsp3) is 0.373. The van der Waals surface area contributed by atoms with E-state index < -0.39 is 107 Å². The lowest BCUT2D eigenvalue weighted by Gasteiger charge is -2.29. The maximum atomic E-state index is 15.0. The smallest absolute Gasteiger partial charge is 0.244 e. The van der Waals surface area contributed by atoms with Crippen LogP contribution in [0.2, 0.25) is 0 Å². The molecule has 1 aliphatic rings. The fourth-order valence-electron chi connectivity index (χ4n) is 9.63. The molecule has 0 radical (unpaired) electrons. The summed E-state index contributed by atoms with van der Waals surface area (Å²) in [4.78, 5) is 135. The number of aromatic hydroxyl groups is 1. The molecule has 7 rings (SSSR count). The van der Waals surface area contributed by atoms with Crippen LogP contribution in [-0.2, 0) is 68.8 Å². The molecule has 0 aliphatic carbocycles. The highest BCUT2D eigenvalue weighted by atomic mass is 33.1. The average Bonchev–Trinajstić information content (AvgIpc) is 4.32. The molecule has 1 aliphatic heterocycles. The van der Waals surface area contributed by atoms with Gasteiger partial charge in [-0.15, -0.1) is 0 Å². The van der Waals surface area contributed by atoms with Gasteiger partial charge in [0, 0.05) is 78.3 Å². The third-order valence-corrected chi connectivity index (χ3v) is 16.5. The zero-order chi connectivity index (χ0) is 59.6. The number of phenols is 1. The van der Waals surface area contributed by atoms with Crippen molar-refractivity contribution in [2.24, 2.45) is 17.4 Å². The van der Waals surface area contributed by atoms with Crippen LogP contribution in [-0.4, -0.2) is 135 Å². The fourth-order valence-corrected chi connectivity index (χ4v) is 12.0. The van der Waals surface area contributed by atoms with Crippen molar-refractivity contribution in [3.05, 3.63) is 138 Å². The Morgan fingerprint density at radius 1 is 0.614 bits per heavy atom. The van der Waals surface area contributed by atoms with E-state index >= 15 is 0 Å². The minimum atomic E-state index is -1.44. The van der Waals surface area contributed by atoms with E-state index in [-0.39, 0.29) is 55.9 Å². The first-order chi connectivity index (χ1) is 39.9. The lowest BCUT2D eigenvalue weighted by Crippen LogP contribution is -2.62. The summed E-state index contributed by atoms with van der Waals surface area (Å²) in [7, 11) is 2.07. The molecule has 2 aromatic heterocycles. The van der Waals surface area contributed by atoms with Crippen molar-refractivity contribution in [1.82, 2.24) is 52.5 Å². The highest BCUT2D eigenvalue weighted by Crippen LogP contribution is 2.26. The molecule has 0 spiro atoms. The molecule has 24 heteroatoms. The number of carbonyl (C=O) groups excluding carboxylic acids is 9. The van der Waals surface area contributed by atoms with Gasteiger partial charge in [-0.2, -0.15) is 0 Å². The summed E-state index contributed by atoms with van der Waals surface area (Å²) in [5.41, 5.74) is 15.8. The Morgan fingerprint density at radius 3 is 1.83 bits per heavy atom. The number of fused-ring (bicyclic) bond motifs is 2. The SMILES string of the molecule is CC(=O)N[C@H](Cc1ccccc1)C(=O)NC1CSSCC(C(=O)N[C@@H](Cc2c[nH]c3ccccc23)C(N)=O)NC(=O)C(C(C)C)NC(=O)[C@H](CCCCN)NC(=O)C(Cc2c[nH]c3ccccc23)NC(=O)[C@H](Cc2ccc(O)cc2)NC1=O. The molecule has 440 valence electrons. The predicted molar refractivity (Wildman–Crippen MR) is 319 cm³/mol. The normalized spacial score (nSPS) is 20.4. The first kappa shape index (κ1) is 62.3. The number of aromatic amines is 2. The van der Waals surface area contributed by atoms with Gasteiger partial charge in [0.2, 0.25) is 53.2 Å². The van der Waals surface area contributed by atoms with E-state index in [2.05, 4.69) is 52.5 Å². The number of para-hydroxylation sites is 2. The first-order valence-corrected chi connectivity index (χ1v) is 29.9. The van der Waals surface area contributed by atoms with E-state index in [1.54, 1.807) is 68.7 Å². The third-order valence-electron chi connectivity index (χ3n) is 14.1. The minimum Gasteiger partial charge on any atom is -0.508 e. The van der Waals surface area contributed by atoms with Crippen molar-refractivity contribution in [1.29, 1.82) is 0 Å². The quantitative estimate of drug-likeness (QED) is 0.0409. The van der Waals surface area contributed by atoms with E-state index in [0.29, 0.717) is 35.1 Å². The molecule has 0 saturated carbocycles. The molecule has 1 fully saturated rings. The van der Waals surface area contributed by atoms with Crippen LogP contribution in [0.4, 0.5) is 0 Å². The highest BCUT2D eigenvalue weighted by Gasteiger charge is 2.37. The van der Waals surface area contributed by atoms with Crippen molar-refractivity contribution < 1.29 is 48.3 Å². The summed E-state index contributed by atoms with van der Waals surface area (Å²) in [6.07, 6.45) is 4.09. The number of hydrogen-bond donors (Lipinski definition) is 13. The van der Waals surface area contributed by atoms with E-state index in [0.717, 1.165) is 43.4 Å². The molecular weight excluding hydrogens is 1100 g/mol. The Bertz CT molecular complexity index is 3250. The Hall–Kier alpha value is -8.35. The predicted octanol–water partition coefficient (Wildman–Crippen LogP) is 2.19. The van der Waals surface area contributed by atoms with Gasteiger partial charge in [-0.05, 0) is 78.2 Å². The van der Waals surface area contributed by atoms with Crippen LogP contribution in [0.25, 0.3) is 21.8 Å². The molecule has 3 heterocycles. The Kier molecular flexibility index (Phi) is 22.6. The second-order valence-corrected chi connectivity index (χ2v) is 23.3. The number of nitrogens with two attached hydrogens (primary N) is 2. The van der Waals surface area contributed by atoms with Crippen molar-refractivity contribution in [2.45, 2.75) is 114 Å². The molecule has 8 atom stereocenters. The zero-order valence-corrected chi connectivity index (χ0v) is 48.0. The number of rotatable bonds is 19. The number of carbonyl (C=O) groups is 9. The summed E-state index contributed by atoms with van der Waals surface area (Å²) in [5.74, 6) is -7.93. The van der Waals surface area contributed by atoms with Crippen LogP contribution in [0.5, 0.6) is 5.75 Å². The number of hydrogen-bond acceptors (Lipinski definition) is 13. The number of unbranched alkanes of at least 4 members (excludes halogenated alkanes) is 1. The number of amides is 9. The van der Waals surface area contributed by atoms with E-state index in [9.17, 15) is 48.3 Å². The number of phenolic OH excluding ortho intramolecular Hbond substituents is 1. The van der Waals surface area contributed by atoms with Crippen LogP contribution in [0.3, 0.4) is 0 Å². The van der Waals surface area contributed by atoms with Gasteiger partial charge in [0.15, 0.2) is 0 Å². The summed E-state index contributed by atoms with van der Waals surface area (Å²) in [6.45, 7) is 4.90. The number of primary amides is 1. The Morgan fingerprint density at radius 2 is 1.19 bits per heavy atom. The monoisotopic (exact) mass is 1170 g/mol. The summed E-state index contributed by atoms with van der Waals surface area (Å²) in [6, 6.07) is 18.9. The molecule has 22 nitrogen and oxygen atoms in total. The van der Waals surface area contributed by atoms with Crippen molar-refractivity contribution in [3.8, 4) is 5.75 Å². The van der Waals surface area contributed by atoms with Crippen LogP contribution >= 0.6 is 21.6 Å². The summed E-state index contributed by atoms with van der Waals surface area (Å²) >= 11 is 0. The van der Waals surface area contributed by atoms with Crippen molar-refractivity contribution in [2.75, 3.05) is 18.1 Å². The lowest BCUT2D eigenvalue weighted by atomic mass is 10.00. The minimum absolute atomic E-state index is 0.00969. The van der Waals surface area contributed by atoms with Gasteiger partial charge in [-0.25, -0.2) is 0 Å². The van der Waals surface area contributed by atoms with Gasteiger partial charge in [0.05, 0.1) is 0 Å². The molecule has 1 saturated heterocycles. The number of aromatic nitrogens is 2. The summed E-state index contributed by atoms with van der Waals surface area (Å²) in [5, 5.41) is 34.0. The Balaban J connectivity index is 1.27. The maximum absolute atomic E-state index is 15.0. The van der Waals surface area contributed by atoms with Crippen LogP contribution < -0.4 is 54.0 Å². The number of H-pyrrole nitrogens is 2. The molecule has 0 bridgehead atoms.